The largest absolute Gasteiger partial charge is 0.343 e. The molecule has 3 aromatic rings. The second kappa shape index (κ2) is 6.66. The molecule has 3 aromatic heterocycles. The number of nitrogens with one attached hydrogen (secondary N) is 2. The van der Waals surface area contributed by atoms with E-state index in [-0.39, 0.29) is 16.8 Å². The predicted molar refractivity (Wildman–Crippen MR) is 97.5 cm³/mol. The van der Waals surface area contributed by atoms with E-state index < -0.39 is 5.56 Å². The van der Waals surface area contributed by atoms with Crippen LogP contribution in [0.15, 0.2) is 15.7 Å². The molecule has 0 radical (unpaired) electrons. The van der Waals surface area contributed by atoms with Crippen molar-refractivity contribution in [2.75, 3.05) is 0 Å². The minimum Gasteiger partial charge on any atom is -0.343 e. The Morgan fingerprint density at radius 2 is 1.76 bits per heavy atom. The Balaban J connectivity index is 2.18. The molecule has 0 atom stereocenters. The molecule has 3 heterocycles. The lowest BCUT2D eigenvalue weighted by Gasteiger charge is -2.04. The predicted octanol–water partition coefficient (Wildman–Crippen LogP) is 2.46. The van der Waals surface area contributed by atoms with Crippen LogP contribution in [0, 0.1) is 20.8 Å². The highest BCUT2D eigenvalue weighted by atomic mass is 16.1. The van der Waals surface area contributed by atoms with E-state index >= 15 is 0 Å². The molecule has 0 aliphatic carbocycles. The van der Waals surface area contributed by atoms with Gasteiger partial charge in [0, 0.05) is 22.6 Å². The number of fused-ring (bicyclic) bond motifs is 1. The van der Waals surface area contributed by atoms with Gasteiger partial charge in [-0.05, 0) is 39.7 Å². The van der Waals surface area contributed by atoms with E-state index in [1.807, 2.05) is 26.8 Å². The first-order chi connectivity index (χ1) is 11.9. The summed E-state index contributed by atoms with van der Waals surface area (Å²) in [4.78, 5) is 37.4. The van der Waals surface area contributed by atoms with Crippen LogP contribution in [0.1, 0.15) is 48.8 Å². The van der Waals surface area contributed by atoms with E-state index in [2.05, 4.69) is 27.0 Å². The molecule has 7 nitrogen and oxygen atoms in total. The van der Waals surface area contributed by atoms with Crippen molar-refractivity contribution in [1.29, 1.82) is 0 Å². The van der Waals surface area contributed by atoms with Gasteiger partial charge in [0.15, 0.2) is 5.43 Å². The average molecular weight is 341 g/mol. The second-order valence-electron chi connectivity index (χ2n) is 6.47. The number of unbranched alkanes of at least 4 members (excludes halogenated alkanes) is 2. The van der Waals surface area contributed by atoms with Crippen molar-refractivity contribution in [3.63, 3.8) is 0 Å². The summed E-state index contributed by atoms with van der Waals surface area (Å²) in [6.07, 6.45) is 3.76. The van der Waals surface area contributed by atoms with Gasteiger partial charge in [-0.3, -0.25) is 14.7 Å². The fraction of sp³-hybridized carbons (Fsp3) is 0.444. The molecule has 0 saturated heterocycles. The second-order valence-corrected chi connectivity index (χ2v) is 6.47. The summed E-state index contributed by atoms with van der Waals surface area (Å²) in [6, 6.07) is 1.83. The van der Waals surface area contributed by atoms with Crippen LogP contribution in [-0.2, 0) is 6.42 Å². The summed E-state index contributed by atoms with van der Waals surface area (Å²) in [6.45, 7) is 7.67. The Labute approximate surface area is 145 Å². The van der Waals surface area contributed by atoms with Crippen LogP contribution in [0.5, 0.6) is 0 Å². The summed E-state index contributed by atoms with van der Waals surface area (Å²) in [5.74, 6) is 0.247. The standard InChI is InChI=1S/C18H23N5O2/c1-5-6-7-8-13-12(4)21-16-14(15(13)24)17(25)23(22-16)18-19-10(2)9-11(3)20-18/h9H,5-8H2,1-4H3,(H2,21,22,24). The van der Waals surface area contributed by atoms with Crippen LogP contribution in [0.3, 0.4) is 0 Å². The first-order valence-electron chi connectivity index (χ1n) is 8.61. The molecule has 25 heavy (non-hydrogen) atoms. The molecular weight excluding hydrogens is 318 g/mol. The lowest BCUT2D eigenvalue weighted by Crippen LogP contribution is -2.22. The summed E-state index contributed by atoms with van der Waals surface area (Å²) in [5.41, 5.74) is 2.79. The van der Waals surface area contributed by atoms with Crippen molar-refractivity contribution >= 4 is 11.0 Å². The number of H-pyrrole nitrogens is 2. The molecule has 3 rings (SSSR count). The fourth-order valence-electron chi connectivity index (χ4n) is 3.12. The number of aryl methyl sites for hydroxylation is 3. The van der Waals surface area contributed by atoms with Crippen molar-refractivity contribution in [3.8, 4) is 5.95 Å². The maximum Gasteiger partial charge on any atom is 0.287 e. The van der Waals surface area contributed by atoms with E-state index in [1.54, 1.807) is 0 Å². The molecule has 0 unspecified atom stereocenters. The number of aromatic nitrogens is 5. The number of rotatable bonds is 5. The van der Waals surface area contributed by atoms with Gasteiger partial charge in [-0.25, -0.2) is 9.97 Å². The molecule has 0 aromatic carbocycles. The zero-order valence-electron chi connectivity index (χ0n) is 15.1. The Morgan fingerprint density at radius 1 is 1.08 bits per heavy atom. The van der Waals surface area contributed by atoms with Gasteiger partial charge in [-0.15, -0.1) is 0 Å². The van der Waals surface area contributed by atoms with Crippen molar-refractivity contribution in [1.82, 2.24) is 24.7 Å². The molecule has 132 valence electrons. The van der Waals surface area contributed by atoms with Crippen LogP contribution >= 0.6 is 0 Å². The van der Waals surface area contributed by atoms with Gasteiger partial charge in [0.2, 0.25) is 0 Å². The molecular formula is C18H23N5O2. The third-order valence-electron chi connectivity index (χ3n) is 4.36. The maximum atomic E-state index is 12.8. The van der Waals surface area contributed by atoms with Gasteiger partial charge in [0.1, 0.15) is 11.0 Å². The maximum absolute atomic E-state index is 12.8. The number of hydrogen-bond donors (Lipinski definition) is 2. The zero-order chi connectivity index (χ0) is 18.1. The van der Waals surface area contributed by atoms with Crippen molar-refractivity contribution < 1.29 is 0 Å². The summed E-state index contributed by atoms with van der Waals surface area (Å²) >= 11 is 0. The smallest absolute Gasteiger partial charge is 0.287 e. The van der Waals surface area contributed by atoms with Gasteiger partial charge in [0.25, 0.3) is 11.5 Å². The molecule has 0 aliphatic rings. The van der Waals surface area contributed by atoms with E-state index in [9.17, 15) is 9.59 Å². The lowest BCUT2D eigenvalue weighted by molar-refractivity contribution is 0.712. The SMILES string of the molecule is CCCCCc1c(C)[nH]c2[nH]n(-c3nc(C)cc(C)n3)c(=O)c2c1=O. The summed E-state index contributed by atoms with van der Waals surface area (Å²) < 4.78 is 1.23. The van der Waals surface area contributed by atoms with Crippen molar-refractivity contribution in [3.05, 3.63) is 49.3 Å². The zero-order valence-corrected chi connectivity index (χ0v) is 15.1. The third-order valence-corrected chi connectivity index (χ3v) is 4.36. The molecule has 7 heteroatoms. The van der Waals surface area contributed by atoms with Gasteiger partial charge in [0.05, 0.1) is 0 Å². The Hall–Kier alpha value is -2.70. The number of nitrogens with zero attached hydrogens (tertiary/aromatic N) is 3. The first kappa shape index (κ1) is 17.1. The van der Waals surface area contributed by atoms with Crippen LogP contribution in [0.25, 0.3) is 17.0 Å². The molecule has 0 fully saturated rings. The van der Waals surface area contributed by atoms with Gasteiger partial charge in [-0.2, -0.15) is 4.68 Å². The highest BCUT2D eigenvalue weighted by molar-refractivity contribution is 5.75. The minimum absolute atomic E-state index is 0.139. The monoisotopic (exact) mass is 341 g/mol. The van der Waals surface area contributed by atoms with E-state index in [1.165, 1.54) is 4.68 Å². The molecule has 0 saturated carbocycles. The quantitative estimate of drug-likeness (QED) is 0.697. The first-order valence-corrected chi connectivity index (χ1v) is 8.61. The van der Waals surface area contributed by atoms with Crippen LogP contribution in [0.4, 0.5) is 0 Å². The molecule has 0 aliphatic heterocycles. The van der Waals surface area contributed by atoms with Crippen LogP contribution in [-0.4, -0.2) is 24.7 Å². The summed E-state index contributed by atoms with van der Waals surface area (Å²) in [7, 11) is 0. The third kappa shape index (κ3) is 3.14. The normalized spacial score (nSPS) is 11.4. The highest BCUT2D eigenvalue weighted by Crippen LogP contribution is 2.11. The fourth-order valence-corrected chi connectivity index (χ4v) is 3.12. The molecule has 0 amide bonds. The number of pyridine rings is 1. The van der Waals surface area contributed by atoms with E-state index in [0.717, 1.165) is 36.3 Å². The Kier molecular flexibility index (Phi) is 4.57. The minimum atomic E-state index is -0.419. The average Bonchev–Trinajstić information content (AvgIpc) is 2.86. The molecule has 2 N–H and O–H groups in total. The van der Waals surface area contributed by atoms with E-state index in [4.69, 9.17) is 0 Å². The summed E-state index contributed by atoms with van der Waals surface area (Å²) in [5, 5.41) is 3.07. The topological polar surface area (TPSA) is 96.4 Å². The van der Waals surface area contributed by atoms with Gasteiger partial charge in [-0.1, -0.05) is 19.8 Å². The van der Waals surface area contributed by atoms with Crippen LogP contribution in [0.2, 0.25) is 0 Å². The lowest BCUT2D eigenvalue weighted by atomic mass is 10.0. The highest BCUT2D eigenvalue weighted by Gasteiger charge is 2.18. The number of hydrogen-bond acceptors (Lipinski definition) is 4. The van der Waals surface area contributed by atoms with E-state index in [0.29, 0.717) is 17.6 Å². The van der Waals surface area contributed by atoms with Crippen LogP contribution < -0.4 is 11.0 Å². The van der Waals surface area contributed by atoms with Gasteiger partial charge < -0.3 is 4.98 Å². The number of aromatic amines is 2. The molecule has 0 bridgehead atoms. The Bertz CT molecular complexity index is 1020. The van der Waals surface area contributed by atoms with Gasteiger partial charge >= 0.3 is 0 Å². The van der Waals surface area contributed by atoms with Crippen molar-refractivity contribution in [2.45, 2.75) is 53.4 Å². The Morgan fingerprint density at radius 3 is 2.40 bits per heavy atom. The molecule has 0 spiro atoms. The van der Waals surface area contributed by atoms with Crippen molar-refractivity contribution in [2.24, 2.45) is 0 Å².